The SMILES string of the molecule is CCN(CC)CCN(C(=O)c1ccc(C#N)cc1)c1nc2c(F)cc(F)cc2s1.Cl. The van der Waals surface area contributed by atoms with Gasteiger partial charge < -0.3 is 4.90 Å². The van der Waals surface area contributed by atoms with Gasteiger partial charge in [-0.3, -0.25) is 9.69 Å². The highest BCUT2D eigenvalue weighted by atomic mass is 35.5. The maximum absolute atomic E-state index is 14.1. The minimum absolute atomic E-state index is 0. The van der Waals surface area contributed by atoms with Crippen LogP contribution in [0.5, 0.6) is 0 Å². The van der Waals surface area contributed by atoms with Gasteiger partial charge in [0.1, 0.15) is 11.3 Å². The predicted octanol–water partition coefficient (Wildman–Crippen LogP) is 4.86. The number of amides is 1. The monoisotopic (exact) mass is 450 g/mol. The molecule has 0 aliphatic heterocycles. The maximum Gasteiger partial charge on any atom is 0.260 e. The van der Waals surface area contributed by atoms with E-state index in [4.69, 9.17) is 5.26 Å². The smallest absolute Gasteiger partial charge is 0.260 e. The van der Waals surface area contributed by atoms with Crippen LogP contribution in [0.1, 0.15) is 29.8 Å². The van der Waals surface area contributed by atoms with Gasteiger partial charge in [-0.15, -0.1) is 12.4 Å². The van der Waals surface area contributed by atoms with E-state index < -0.39 is 11.6 Å². The first-order valence-corrected chi connectivity index (χ1v) is 10.1. The van der Waals surface area contributed by atoms with Gasteiger partial charge in [-0.25, -0.2) is 13.8 Å². The van der Waals surface area contributed by atoms with E-state index in [2.05, 4.69) is 9.88 Å². The van der Waals surface area contributed by atoms with E-state index in [0.717, 1.165) is 30.5 Å². The summed E-state index contributed by atoms with van der Waals surface area (Å²) in [5, 5.41) is 9.27. The second-order valence-electron chi connectivity index (χ2n) is 6.40. The van der Waals surface area contributed by atoms with Gasteiger partial charge in [-0.1, -0.05) is 25.2 Å². The Morgan fingerprint density at radius 3 is 2.40 bits per heavy atom. The first-order chi connectivity index (χ1) is 14.0. The van der Waals surface area contributed by atoms with Crippen LogP contribution in [-0.4, -0.2) is 42.0 Å². The number of benzene rings is 2. The molecule has 3 aromatic rings. The van der Waals surface area contributed by atoms with Crippen LogP contribution in [-0.2, 0) is 0 Å². The largest absolute Gasteiger partial charge is 0.302 e. The summed E-state index contributed by atoms with van der Waals surface area (Å²) < 4.78 is 28.0. The third kappa shape index (κ3) is 5.11. The topological polar surface area (TPSA) is 60.2 Å². The lowest BCUT2D eigenvalue weighted by Gasteiger charge is -2.24. The second kappa shape index (κ2) is 10.4. The number of hydrogen-bond donors (Lipinski definition) is 0. The molecule has 5 nitrogen and oxygen atoms in total. The summed E-state index contributed by atoms with van der Waals surface area (Å²) in [5.74, 6) is -1.74. The Bertz CT molecular complexity index is 1060. The summed E-state index contributed by atoms with van der Waals surface area (Å²) in [6.07, 6.45) is 0. The van der Waals surface area contributed by atoms with Crippen LogP contribution in [0.15, 0.2) is 36.4 Å². The minimum Gasteiger partial charge on any atom is -0.302 e. The molecule has 0 saturated heterocycles. The molecule has 0 N–H and O–H groups in total. The molecule has 1 amide bonds. The number of fused-ring (bicyclic) bond motifs is 1. The highest BCUT2D eigenvalue weighted by Gasteiger charge is 2.23. The Morgan fingerprint density at radius 1 is 1.13 bits per heavy atom. The number of anilines is 1. The van der Waals surface area contributed by atoms with Gasteiger partial charge in [0.2, 0.25) is 0 Å². The van der Waals surface area contributed by atoms with E-state index in [9.17, 15) is 13.6 Å². The molecule has 0 bridgehead atoms. The number of hydrogen-bond acceptors (Lipinski definition) is 5. The lowest BCUT2D eigenvalue weighted by Crippen LogP contribution is -2.38. The number of halogens is 3. The molecule has 30 heavy (non-hydrogen) atoms. The molecule has 0 spiro atoms. The fraction of sp³-hybridized carbons (Fsp3) is 0.286. The molecule has 0 fully saturated rings. The quantitative estimate of drug-likeness (QED) is 0.516. The van der Waals surface area contributed by atoms with Crippen molar-refractivity contribution in [1.29, 1.82) is 5.26 Å². The highest BCUT2D eigenvalue weighted by molar-refractivity contribution is 7.22. The molecule has 1 aromatic heterocycles. The molecular weight excluding hydrogens is 430 g/mol. The van der Waals surface area contributed by atoms with Gasteiger partial charge >= 0.3 is 0 Å². The zero-order valence-corrected chi connectivity index (χ0v) is 18.2. The van der Waals surface area contributed by atoms with Crippen LogP contribution in [0.4, 0.5) is 13.9 Å². The van der Waals surface area contributed by atoms with E-state index in [-0.39, 0.29) is 23.8 Å². The molecule has 2 aromatic carbocycles. The van der Waals surface area contributed by atoms with Crippen molar-refractivity contribution >= 4 is 45.0 Å². The average molecular weight is 451 g/mol. The van der Waals surface area contributed by atoms with Gasteiger partial charge in [0, 0.05) is 24.7 Å². The van der Waals surface area contributed by atoms with Crippen molar-refractivity contribution in [3.8, 4) is 6.07 Å². The van der Waals surface area contributed by atoms with Crippen molar-refractivity contribution in [2.24, 2.45) is 0 Å². The van der Waals surface area contributed by atoms with Crippen molar-refractivity contribution in [1.82, 2.24) is 9.88 Å². The summed E-state index contributed by atoms with van der Waals surface area (Å²) >= 11 is 1.07. The number of carbonyl (C=O) groups excluding carboxylic acids is 1. The first-order valence-electron chi connectivity index (χ1n) is 9.26. The van der Waals surface area contributed by atoms with E-state index in [1.165, 1.54) is 11.0 Å². The highest BCUT2D eigenvalue weighted by Crippen LogP contribution is 2.32. The lowest BCUT2D eigenvalue weighted by molar-refractivity contribution is 0.0983. The molecule has 0 aliphatic rings. The number of aromatic nitrogens is 1. The Labute approximate surface area is 184 Å². The van der Waals surface area contributed by atoms with E-state index in [0.29, 0.717) is 34.0 Å². The van der Waals surface area contributed by atoms with Gasteiger partial charge in [-0.2, -0.15) is 5.26 Å². The van der Waals surface area contributed by atoms with Crippen LogP contribution in [0.2, 0.25) is 0 Å². The molecule has 0 atom stereocenters. The van der Waals surface area contributed by atoms with Crippen molar-refractivity contribution < 1.29 is 13.6 Å². The van der Waals surface area contributed by atoms with Crippen LogP contribution in [0.3, 0.4) is 0 Å². The molecule has 0 saturated carbocycles. The van der Waals surface area contributed by atoms with Crippen molar-refractivity contribution in [2.75, 3.05) is 31.1 Å². The number of nitrogens with zero attached hydrogens (tertiary/aromatic N) is 4. The van der Waals surface area contributed by atoms with Crippen molar-refractivity contribution in [3.05, 3.63) is 59.2 Å². The molecule has 0 radical (unpaired) electrons. The van der Waals surface area contributed by atoms with Crippen LogP contribution in [0, 0.1) is 23.0 Å². The Hall–Kier alpha value is -2.60. The molecule has 3 rings (SSSR count). The van der Waals surface area contributed by atoms with Gasteiger partial charge in [0.25, 0.3) is 5.91 Å². The van der Waals surface area contributed by atoms with E-state index in [1.807, 2.05) is 19.9 Å². The Morgan fingerprint density at radius 2 is 1.80 bits per heavy atom. The predicted molar refractivity (Wildman–Crippen MR) is 117 cm³/mol. The van der Waals surface area contributed by atoms with Crippen molar-refractivity contribution in [2.45, 2.75) is 13.8 Å². The summed E-state index contributed by atoms with van der Waals surface area (Å²) in [6.45, 7) is 6.69. The number of nitriles is 1. The van der Waals surface area contributed by atoms with Crippen molar-refractivity contribution in [3.63, 3.8) is 0 Å². The summed E-state index contributed by atoms with van der Waals surface area (Å²) in [7, 11) is 0. The van der Waals surface area contributed by atoms with E-state index in [1.54, 1.807) is 24.3 Å². The van der Waals surface area contributed by atoms with Crippen LogP contribution >= 0.6 is 23.7 Å². The summed E-state index contributed by atoms with van der Waals surface area (Å²) in [5.41, 5.74) is 0.898. The third-order valence-corrected chi connectivity index (χ3v) is 5.70. The fourth-order valence-electron chi connectivity index (χ4n) is 2.97. The molecule has 0 aliphatic carbocycles. The van der Waals surface area contributed by atoms with Crippen LogP contribution in [0.25, 0.3) is 10.2 Å². The van der Waals surface area contributed by atoms with Gasteiger partial charge in [-0.05, 0) is 43.4 Å². The van der Waals surface area contributed by atoms with Gasteiger partial charge in [0.05, 0.1) is 16.3 Å². The number of likely N-dealkylation sites (N-methyl/N-ethyl adjacent to an activating group) is 1. The summed E-state index contributed by atoms with van der Waals surface area (Å²) in [6, 6.07) is 10.3. The Kier molecular flexibility index (Phi) is 8.24. The second-order valence-corrected chi connectivity index (χ2v) is 7.41. The zero-order valence-electron chi connectivity index (χ0n) is 16.6. The molecule has 0 unspecified atom stereocenters. The molecule has 9 heteroatoms. The number of thiazole rings is 1. The summed E-state index contributed by atoms with van der Waals surface area (Å²) in [4.78, 5) is 21.1. The molecule has 158 valence electrons. The fourth-order valence-corrected chi connectivity index (χ4v) is 4.00. The van der Waals surface area contributed by atoms with Crippen LogP contribution < -0.4 is 4.90 Å². The molecular formula is C21H21ClF2N4OS. The minimum atomic E-state index is -0.753. The lowest BCUT2D eigenvalue weighted by atomic mass is 10.1. The number of rotatable bonds is 7. The zero-order chi connectivity index (χ0) is 21.0. The average Bonchev–Trinajstić information content (AvgIpc) is 3.15. The number of carbonyl (C=O) groups is 1. The van der Waals surface area contributed by atoms with Gasteiger partial charge in [0.15, 0.2) is 10.9 Å². The van der Waals surface area contributed by atoms with E-state index >= 15 is 0 Å². The normalized spacial score (nSPS) is 10.7. The maximum atomic E-state index is 14.1. The molecule has 1 heterocycles. The Balaban J connectivity index is 0.00000320. The third-order valence-electron chi connectivity index (χ3n) is 4.67. The standard InChI is InChI=1S/C21H20F2N4OS.ClH/c1-3-26(4-2)9-10-27(20(28)15-7-5-14(13-24)6-8-15)21-25-19-17(23)11-16(22)12-18(19)29-21;/h5-8,11-12H,3-4,9-10H2,1-2H3;1H. The first kappa shape index (κ1) is 23.7.